The Labute approximate surface area is 232 Å². The molecule has 0 radical (unpaired) electrons. The zero-order valence-corrected chi connectivity index (χ0v) is 23.9. The van der Waals surface area contributed by atoms with Gasteiger partial charge in [-0.25, -0.2) is 4.79 Å². The smallest absolute Gasteiger partial charge is 0.326 e. The molecule has 0 saturated heterocycles. The van der Waals surface area contributed by atoms with Crippen molar-refractivity contribution in [2.24, 2.45) is 5.92 Å². The largest absolute Gasteiger partial charge is 0.508 e. The van der Waals surface area contributed by atoms with Gasteiger partial charge in [-0.1, -0.05) is 19.9 Å². The predicted octanol–water partition coefficient (Wildman–Crippen LogP) is 0.544. The lowest BCUT2D eigenvalue weighted by Crippen LogP contribution is -2.59. The molecule has 0 unspecified atom stereocenters. The molecule has 4 amide bonds. The number of aromatic hydroxyl groups is 1. The van der Waals surface area contributed by atoms with E-state index in [9.17, 15) is 34.2 Å². The standard InChI is InChI=1S/C25H38N4O7S2/c1-13(2)21(29-23(33)19(11-37)26-12-30)24(34)28-18(10-16-8-15(4)20(31)9-14(16)3)22(32)27-17(25(35)36)6-7-38-5/h8-9,12-13,17-19,21,31,37H,6-7,10-11H2,1-5H3,(H,26,30)(H,27,32)(H,28,34)(H,29,33)(H,35,36)/t17-,18+,19-,21-/m0/s1. The fourth-order valence-electron chi connectivity index (χ4n) is 3.62. The molecule has 11 nitrogen and oxygen atoms in total. The molecule has 0 aliphatic heterocycles. The molecular weight excluding hydrogens is 532 g/mol. The van der Waals surface area contributed by atoms with Gasteiger partial charge in [0, 0.05) is 12.2 Å². The lowest BCUT2D eigenvalue weighted by molar-refractivity contribution is -0.142. The molecule has 0 bridgehead atoms. The molecular formula is C25H38N4O7S2. The average Bonchev–Trinajstić information content (AvgIpc) is 2.85. The maximum Gasteiger partial charge on any atom is 0.326 e. The number of carbonyl (C=O) groups is 5. The number of amides is 4. The number of phenols is 1. The van der Waals surface area contributed by atoms with Crippen molar-refractivity contribution in [1.82, 2.24) is 21.3 Å². The van der Waals surface area contributed by atoms with Gasteiger partial charge in [0.1, 0.15) is 29.9 Å². The Hall–Kier alpha value is -2.93. The molecule has 38 heavy (non-hydrogen) atoms. The van der Waals surface area contributed by atoms with E-state index >= 15 is 0 Å². The van der Waals surface area contributed by atoms with Crippen molar-refractivity contribution in [3.8, 4) is 5.75 Å². The van der Waals surface area contributed by atoms with E-state index in [2.05, 4.69) is 33.9 Å². The third-order valence-corrected chi connectivity index (χ3v) is 6.96. The minimum atomic E-state index is -1.19. The molecule has 1 aromatic carbocycles. The van der Waals surface area contributed by atoms with Crippen LogP contribution in [0.15, 0.2) is 12.1 Å². The highest BCUT2D eigenvalue weighted by atomic mass is 32.2. The molecule has 0 spiro atoms. The number of phenolic OH excluding ortho intramolecular Hbond substituents is 1. The number of benzene rings is 1. The summed E-state index contributed by atoms with van der Waals surface area (Å²) in [6, 6.07) is -1.09. The van der Waals surface area contributed by atoms with Crippen LogP contribution in [0.4, 0.5) is 0 Å². The second-order valence-electron chi connectivity index (χ2n) is 9.26. The topological polar surface area (TPSA) is 174 Å². The van der Waals surface area contributed by atoms with Gasteiger partial charge in [0.05, 0.1) is 0 Å². The summed E-state index contributed by atoms with van der Waals surface area (Å²) < 4.78 is 0. The number of hydrogen-bond donors (Lipinski definition) is 7. The monoisotopic (exact) mass is 570 g/mol. The van der Waals surface area contributed by atoms with E-state index in [1.807, 2.05) is 6.26 Å². The Kier molecular flexibility index (Phi) is 14.0. The highest BCUT2D eigenvalue weighted by Crippen LogP contribution is 2.22. The quantitative estimate of drug-likeness (QED) is 0.111. The molecule has 6 N–H and O–H groups in total. The number of rotatable bonds is 16. The number of nitrogens with one attached hydrogen (secondary N) is 4. The van der Waals surface area contributed by atoms with Crippen molar-refractivity contribution in [1.29, 1.82) is 0 Å². The van der Waals surface area contributed by atoms with Crippen LogP contribution in [0.1, 0.15) is 37.0 Å². The van der Waals surface area contributed by atoms with E-state index in [4.69, 9.17) is 0 Å². The summed E-state index contributed by atoms with van der Waals surface area (Å²) >= 11 is 5.49. The van der Waals surface area contributed by atoms with Crippen LogP contribution in [0.3, 0.4) is 0 Å². The number of carboxylic acid groups (broad SMARTS) is 1. The summed E-state index contributed by atoms with van der Waals surface area (Å²) in [6.45, 7) is 6.86. The van der Waals surface area contributed by atoms with Crippen molar-refractivity contribution in [3.63, 3.8) is 0 Å². The van der Waals surface area contributed by atoms with Crippen LogP contribution in [0, 0.1) is 19.8 Å². The first kappa shape index (κ1) is 33.1. The van der Waals surface area contributed by atoms with Crippen molar-refractivity contribution < 1.29 is 34.2 Å². The van der Waals surface area contributed by atoms with Crippen LogP contribution < -0.4 is 21.3 Å². The molecule has 212 valence electrons. The highest BCUT2D eigenvalue weighted by Gasteiger charge is 2.32. The van der Waals surface area contributed by atoms with E-state index in [1.165, 1.54) is 11.8 Å². The lowest BCUT2D eigenvalue weighted by atomic mass is 9.96. The molecule has 0 saturated carbocycles. The second-order valence-corrected chi connectivity index (χ2v) is 10.6. The van der Waals surface area contributed by atoms with Crippen LogP contribution in [0.25, 0.3) is 0 Å². The summed E-state index contributed by atoms with van der Waals surface area (Å²) in [6.07, 6.45) is 2.40. The minimum Gasteiger partial charge on any atom is -0.508 e. The predicted molar refractivity (Wildman–Crippen MR) is 149 cm³/mol. The number of aryl methyl sites for hydroxylation is 2. The van der Waals surface area contributed by atoms with Gasteiger partial charge in [0.15, 0.2) is 0 Å². The third-order valence-electron chi connectivity index (χ3n) is 5.95. The molecule has 0 aromatic heterocycles. The Morgan fingerprint density at radius 3 is 2.11 bits per heavy atom. The van der Waals surface area contributed by atoms with Gasteiger partial charge in [0.2, 0.25) is 24.1 Å². The fraction of sp³-hybridized carbons (Fsp3) is 0.560. The summed E-state index contributed by atoms with van der Waals surface area (Å²) in [7, 11) is 0. The molecule has 0 heterocycles. The number of thioether (sulfide) groups is 1. The van der Waals surface area contributed by atoms with Crippen LogP contribution >= 0.6 is 24.4 Å². The zero-order valence-electron chi connectivity index (χ0n) is 22.2. The number of hydrogen-bond acceptors (Lipinski definition) is 8. The van der Waals surface area contributed by atoms with Crippen molar-refractivity contribution >= 4 is 54.5 Å². The van der Waals surface area contributed by atoms with E-state index in [-0.39, 0.29) is 30.3 Å². The van der Waals surface area contributed by atoms with Crippen LogP contribution in [0.2, 0.25) is 0 Å². The first-order valence-electron chi connectivity index (χ1n) is 12.1. The van der Waals surface area contributed by atoms with Crippen LogP contribution in [0.5, 0.6) is 5.75 Å². The SMILES string of the molecule is CSCC[C@H](NC(=O)[C@@H](Cc1cc(C)c(O)cc1C)NC(=O)[C@@H](NC(=O)[C@H](CS)NC=O)C(C)C)C(=O)O. The molecule has 1 aromatic rings. The number of carbonyl (C=O) groups excluding carboxylic acids is 4. The molecule has 1 rings (SSSR count). The van der Waals surface area contributed by atoms with E-state index in [1.54, 1.807) is 39.8 Å². The summed E-state index contributed by atoms with van der Waals surface area (Å²) in [5.41, 5.74) is 1.93. The highest BCUT2D eigenvalue weighted by molar-refractivity contribution is 7.98. The second kappa shape index (κ2) is 16.1. The Balaban J connectivity index is 3.27. The van der Waals surface area contributed by atoms with E-state index in [0.717, 1.165) is 0 Å². The fourth-order valence-corrected chi connectivity index (χ4v) is 4.36. The number of aliphatic carboxylic acids is 1. The minimum absolute atomic E-state index is 0.00808. The lowest BCUT2D eigenvalue weighted by Gasteiger charge is -2.27. The van der Waals surface area contributed by atoms with Crippen molar-refractivity contribution in [2.45, 2.75) is 64.7 Å². The maximum atomic E-state index is 13.3. The van der Waals surface area contributed by atoms with E-state index < -0.39 is 47.9 Å². The molecule has 0 aliphatic carbocycles. The molecule has 4 atom stereocenters. The van der Waals surface area contributed by atoms with Crippen LogP contribution in [-0.4, -0.2) is 82.2 Å². The third kappa shape index (κ3) is 10.1. The summed E-state index contributed by atoms with van der Waals surface area (Å²) in [5.74, 6) is -2.93. The molecule has 0 aliphatic rings. The average molecular weight is 571 g/mol. The summed E-state index contributed by atoms with van der Waals surface area (Å²) in [5, 5.41) is 29.7. The van der Waals surface area contributed by atoms with Gasteiger partial charge >= 0.3 is 5.97 Å². The first-order chi connectivity index (χ1) is 17.9. The van der Waals surface area contributed by atoms with Crippen LogP contribution in [-0.2, 0) is 30.4 Å². The Morgan fingerprint density at radius 2 is 1.58 bits per heavy atom. The van der Waals surface area contributed by atoms with Gasteiger partial charge in [-0.3, -0.25) is 19.2 Å². The summed E-state index contributed by atoms with van der Waals surface area (Å²) in [4.78, 5) is 61.7. The van der Waals surface area contributed by atoms with Gasteiger partial charge in [0.25, 0.3) is 0 Å². The Morgan fingerprint density at radius 1 is 0.974 bits per heavy atom. The maximum absolute atomic E-state index is 13.3. The van der Waals surface area contributed by atoms with Gasteiger partial charge < -0.3 is 31.5 Å². The molecule has 0 fully saturated rings. The number of thiol groups is 1. The Bertz CT molecular complexity index is 1010. The number of carboxylic acids is 1. The van der Waals surface area contributed by atoms with Gasteiger partial charge in [-0.05, 0) is 61.0 Å². The molecule has 13 heteroatoms. The normalized spacial score (nSPS) is 14.1. The van der Waals surface area contributed by atoms with E-state index in [0.29, 0.717) is 28.9 Å². The van der Waals surface area contributed by atoms with Crippen molar-refractivity contribution in [3.05, 3.63) is 28.8 Å². The first-order valence-corrected chi connectivity index (χ1v) is 14.1. The van der Waals surface area contributed by atoms with Crippen molar-refractivity contribution in [2.75, 3.05) is 17.8 Å². The van der Waals surface area contributed by atoms with Gasteiger partial charge in [-0.2, -0.15) is 24.4 Å². The van der Waals surface area contributed by atoms with Gasteiger partial charge in [-0.15, -0.1) is 0 Å². The zero-order chi connectivity index (χ0) is 29.0.